The molecule has 27 nitrogen and oxygen atoms in total. The lowest BCUT2D eigenvalue weighted by atomic mass is 9.77. The number of esters is 1. The average molecular weight is 1250 g/mol. The van der Waals surface area contributed by atoms with Crippen LogP contribution in [0.4, 0.5) is 5.69 Å². The van der Waals surface area contributed by atoms with Gasteiger partial charge in [0.05, 0.1) is 24.1 Å². The van der Waals surface area contributed by atoms with Gasteiger partial charge in [0.25, 0.3) is 5.91 Å². The van der Waals surface area contributed by atoms with Gasteiger partial charge in [-0.15, -0.1) is 0 Å². The lowest BCUT2D eigenvalue weighted by Gasteiger charge is -2.36. The number of hydrogen-bond donors (Lipinski definition) is 13. The number of aliphatic carboxylic acids is 3. The third-order valence-corrected chi connectivity index (χ3v) is 15.3. The van der Waals surface area contributed by atoms with Crippen molar-refractivity contribution in [2.75, 3.05) is 5.73 Å². The molecule has 0 radical (unpaired) electrons. The van der Waals surface area contributed by atoms with Crippen LogP contribution in [0.1, 0.15) is 114 Å². The van der Waals surface area contributed by atoms with Crippen molar-refractivity contribution >= 4 is 76.8 Å². The molecule has 0 saturated heterocycles. The maximum atomic E-state index is 14.2. The Balaban J connectivity index is 1.00. The fraction of sp³-hybridized carbons (Fsp3) is 0.344. The number of hydrogen-bond acceptors (Lipinski definition) is 16. The summed E-state index contributed by atoms with van der Waals surface area (Å²) in [6, 6.07) is 22.3. The Morgan fingerprint density at radius 1 is 0.538 bits per heavy atom. The summed E-state index contributed by atoms with van der Waals surface area (Å²) in [5.41, 5.74) is 12.9. The molecule has 7 rings (SSSR count). The SMILES string of the molecule is CC(C)[C@H](NC(=O)[C@H](CCC(=O)O)NC(=O)c1ccc2c(c1)C(=O)OC21c2ccccc2Oc2cc(N)ccc21)C(=O)N[C@@H](CC(N)=O)C(=O)N[C@@H](Cc1ccccc1)[C@@H](O)CCC(=O)N[C@@H](C)C(=O)N[C@@H](CCC(=O)O)C(=O)N[C@@H](Cc1ccccc1)C(=O)O. The monoisotopic (exact) mass is 1250 g/mol. The van der Waals surface area contributed by atoms with Crippen LogP contribution in [0.3, 0.4) is 0 Å². The van der Waals surface area contributed by atoms with Crippen molar-refractivity contribution in [2.24, 2.45) is 11.7 Å². The number of nitrogen functional groups attached to an aromatic ring is 1. The van der Waals surface area contributed by atoms with Gasteiger partial charge in [-0.05, 0) is 80.0 Å². The number of carboxylic acids is 3. The zero-order valence-electron chi connectivity index (χ0n) is 49.8. The van der Waals surface area contributed by atoms with Crippen LogP contribution in [-0.2, 0) is 71.1 Å². The third-order valence-electron chi connectivity index (χ3n) is 15.3. The molecule has 0 aromatic heterocycles. The quantitative estimate of drug-likeness (QED) is 0.0222. The molecule has 27 heteroatoms. The van der Waals surface area contributed by atoms with E-state index in [2.05, 4.69) is 37.2 Å². The van der Waals surface area contributed by atoms with E-state index in [4.69, 9.17) is 20.9 Å². The van der Waals surface area contributed by atoms with Crippen molar-refractivity contribution in [1.82, 2.24) is 37.2 Å². The van der Waals surface area contributed by atoms with Gasteiger partial charge in [-0.25, -0.2) is 9.59 Å². The van der Waals surface area contributed by atoms with Crippen molar-refractivity contribution < 1.29 is 87.4 Å². The van der Waals surface area contributed by atoms with Crippen LogP contribution >= 0.6 is 0 Å². The summed E-state index contributed by atoms with van der Waals surface area (Å²) >= 11 is 0. The van der Waals surface area contributed by atoms with Gasteiger partial charge < -0.3 is 78.6 Å². The second-order valence-electron chi connectivity index (χ2n) is 22.4. The van der Waals surface area contributed by atoms with Crippen LogP contribution in [-0.4, -0.2) is 140 Å². The molecule has 2 aliphatic heterocycles. The average Bonchev–Trinajstić information content (AvgIpc) is 1.63. The minimum Gasteiger partial charge on any atom is -0.481 e. The Morgan fingerprint density at radius 3 is 1.70 bits per heavy atom. The first kappa shape index (κ1) is 67.8. The molecule has 2 heterocycles. The van der Waals surface area contributed by atoms with E-state index in [0.717, 1.165) is 0 Å². The number of carbonyl (C=O) groups excluding carboxylic acids is 9. The van der Waals surface area contributed by atoms with Crippen LogP contribution in [0.15, 0.2) is 121 Å². The second kappa shape index (κ2) is 30.5. The maximum absolute atomic E-state index is 14.2. The number of nitrogens with two attached hydrogens (primary N) is 2. The van der Waals surface area contributed by atoms with Crippen molar-refractivity contribution in [3.63, 3.8) is 0 Å². The number of benzene rings is 5. The highest BCUT2D eigenvalue weighted by Crippen LogP contribution is 2.56. The molecule has 0 saturated carbocycles. The molecule has 91 heavy (non-hydrogen) atoms. The van der Waals surface area contributed by atoms with Crippen molar-refractivity contribution in [3.8, 4) is 11.5 Å². The zero-order valence-corrected chi connectivity index (χ0v) is 49.8. The molecule has 0 bridgehead atoms. The van der Waals surface area contributed by atoms with E-state index in [1.54, 1.807) is 103 Å². The Kier molecular flexibility index (Phi) is 22.7. The van der Waals surface area contributed by atoms with Gasteiger partial charge in [0.2, 0.25) is 41.4 Å². The number of aliphatic hydroxyl groups excluding tert-OH is 1. The van der Waals surface area contributed by atoms with Gasteiger partial charge in [-0.1, -0.05) is 98.8 Å². The number of aliphatic hydroxyl groups is 1. The van der Waals surface area contributed by atoms with Crippen LogP contribution < -0.4 is 53.4 Å². The van der Waals surface area contributed by atoms with Gasteiger partial charge >= 0.3 is 23.9 Å². The highest BCUT2D eigenvalue weighted by Gasteiger charge is 2.54. The van der Waals surface area contributed by atoms with Gasteiger partial charge in [0.1, 0.15) is 47.8 Å². The van der Waals surface area contributed by atoms with E-state index >= 15 is 0 Å². The third kappa shape index (κ3) is 17.6. The van der Waals surface area contributed by atoms with Crippen molar-refractivity contribution in [1.29, 1.82) is 0 Å². The highest BCUT2D eigenvalue weighted by molar-refractivity contribution is 6.03. The van der Waals surface area contributed by atoms with E-state index in [0.29, 0.717) is 45.0 Å². The molecule has 5 aromatic carbocycles. The van der Waals surface area contributed by atoms with Gasteiger partial charge in [-0.3, -0.25) is 47.9 Å². The zero-order chi connectivity index (χ0) is 66.3. The number of primary amides is 1. The van der Waals surface area contributed by atoms with Gasteiger partial charge in [-0.2, -0.15) is 0 Å². The standard InChI is InChI=1S/C64H71N9O18/c1-33(2)55(73-59(84)44(23-27-54(79)80)69-57(82)37-18-20-40-39(30-37)63(89)91-64(40)41-16-10-11-17-49(41)90-50-31-38(65)19-21-42(50)64)61(86)71-46(32-51(66)75)60(85)70-45(28-35-12-6-4-7-13-35)48(74)24-25-52(76)67-34(3)56(81)68-43(22-26-53(77)78)58(83)72-47(62(87)88)29-36-14-8-5-9-15-36/h4-21,30-31,33-34,43-48,55,74H,22-29,32,65H2,1-3H3,(H2,66,75)(H,67,76)(H,68,81)(H,69,82)(H,70,85)(H,71,86)(H,72,83)(H,73,84)(H,77,78)(H,79,80)(H,87,88)/t34-,43-,44-,45-,46-,47-,48-,55-,64?/m0/s1. The van der Waals surface area contributed by atoms with E-state index in [1.807, 2.05) is 0 Å². The first-order valence-corrected chi connectivity index (χ1v) is 29.1. The molecule has 1 unspecified atom stereocenters. The molecule has 8 amide bonds. The molecule has 9 atom stereocenters. The van der Waals surface area contributed by atoms with Crippen molar-refractivity contribution in [2.45, 2.75) is 133 Å². The predicted octanol–water partition coefficient (Wildman–Crippen LogP) is 1.84. The van der Waals surface area contributed by atoms with Crippen LogP contribution in [0.5, 0.6) is 11.5 Å². The first-order valence-electron chi connectivity index (χ1n) is 29.1. The molecule has 15 N–H and O–H groups in total. The van der Waals surface area contributed by atoms with E-state index in [9.17, 15) is 78.0 Å². The minimum absolute atomic E-state index is 0.00673. The summed E-state index contributed by atoms with van der Waals surface area (Å²) in [6.07, 6.45) is -5.49. The molecule has 0 aliphatic carbocycles. The fourth-order valence-corrected chi connectivity index (χ4v) is 10.5. The number of rotatable bonds is 31. The van der Waals surface area contributed by atoms with Gasteiger partial charge in [0, 0.05) is 59.7 Å². The van der Waals surface area contributed by atoms with Crippen LogP contribution in [0.25, 0.3) is 0 Å². The molecular weight excluding hydrogens is 1180 g/mol. The van der Waals surface area contributed by atoms with Crippen LogP contribution in [0, 0.1) is 5.92 Å². The topological polar surface area (TPSA) is 440 Å². The summed E-state index contributed by atoms with van der Waals surface area (Å²) in [6.45, 7) is 4.32. The molecule has 480 valence electrons. The lowest BCUT2D eigenvalue weighted by Crippen LogP contribution is -2.60. The Hall–Kier alpha value is -10.7. The number of carboxylic acid groups (broad SMARTS) is 3. The molecule has 0 fully saturated rings. The summed E-state index contributed by atoms with van der Waals surface area (Å²) in [7, 11) is 0. The number of nitrogens with one attached hydrogen (secondary N) is 7. The molecule has 1 spiro atoms. The number of carbonyl (C=O) groups is 12. The largest absolute Gasteiger partial charge is 0.481 e. The smallest absolute Gasteiger partial charge is 0.340 e. The Labute approximate surface area is 521 Å². The summed E-state index contributed by atoms with van der Waals surface area (Å²) in [5.74, 6) is -12.6. The number of ether oxygens (including phenoxy) is 2. The number of amides is 8. The van der Waals surface area contributed by atoms with Gasteiger partial charge in [0.15, 0.2) is 5.60 Å². The maximum Gasteiger partial charge on any atom is 0.340 e. The summed E-state index contributed by atoms with van der Waals surface area (Å²) in [5, 5.41) is 57.7. The molecule has 5 aromatic rings. The Morgan fingerprint density at radius 2 is 1.09 bits per heavy atom. The van der Waals surface area contributed by atoms with Crippen molar-refractivity contribution in [3.05, 3.63) is 160 Å². The number of fused-ring (bicyclic) bond motifs is 6. The summed E-state index contributed by atoms with van der Waals surface area (Å²) < 4.78 is 12.3. The summed E-state index contributed by atoms with van der Waals surface area (Å²) in [4.78, 5) is 158. The highest BCUT2D eigenvalue weighted by atomic mass is 16.6. The number of anilines is 1. The van der Waals surface area contributed by atoms with E-state index in [1.165, 1.54) is 39.0 Å². The molecular formula is C64H71N9O18. The predicted molar refractivity (Wildman–Crippen MR) is 323 cm³/mol. The van der Waals surface area contributed by atoms with E-state index < -0.39 is 170 Å². The van der Waals surface area contributed by atoms with E-state index in [-0.39, 0.29) is 30.4 Å². The lowest BCUT2D eigenvalue weighted by molar-refractivity contribution is -0.143. The normalized spacial score (nSPS) is 16.1. The minimum atomic E-state index is -1.74. The molecule has 2 aliphatic rings. The second-order valence-corrected chi connectivity index (χ2v) is 22.4. The number of para-hydroxylation sites is 1. The fourth-order valence-electron chi connectivity index (χ4n) is 10.5. The van der Waals surface area contributed by atoms with Crippen LogP contribution in [0.2, 0.25) is 0 Å². The first-order chi connectivity index (χ1) is 43.2. The Bertz CT molecular complexity index is 3590.